The van der Waals surface area contributed by atoms with Crippen LogP contribution in [0.5, 0.6) is 0 Å². The summed E-state index contributed by atoms with van der Waals surface area (Å²) in [6.07, 6.45) is 0.998. The highest BCUT2D eigenvalue weighted by Crippen LogP contribution is 2.23. The van der Waals surface area contributed by atoms with E-state index >= 15 is 0 Å². The monoisotopic (exact) mass is 237 g/mol. The summed E-state index contributed by atoms with van der Waals surface area (Å²) in [6, 6.07) is 6.80. The van der Waals surface area contributed by atoms with Gasteiger partial charge in [-0.2, -0.15) is 5.10 Å². The number of hydrogen-bond donors (Lipinski definition) is 1. The van der Waals surface area contributed by atoms with Crippen molar-refractivity contribution in [3.63, 3.8) is 0 Å². The molecule has 1 unspecified atom stereocenters. The Bertz CT molecular complexity index is 504. The number of rotatable bonds is 3. The van der Waals surface area contributed by atoms with E-state index in [0.29, 0.717) is 11.2 Å². The van der Waals surface area contributed by atoms with Gasteiger partial charge in [-0.15, -0.1) is 0 Å². The van der Waals surface area contributed by atoms with Crippen LogP contribution in [0, 0.1) is 0 Å². The van der Waals surface area contributed by atoms with Crippen LogP contribution in [0.15, 0.2) is 18.2 Å². The van der Waals surface area contributed by atoms with Crippen molar-refractivity contribution in [2.24, 2.45) is 7.05 Å². The minimum absolute atomic E-state index is 0.466. The second-order valence-electron chi connectivity index (χ2n) is 4.16. The van der Waals surface area contributed by atoms with Gasteiger partial charge in [0.1, 0.15) is 0 Å². The van der Waals surface area contributed by atoms with E-state index in [0.717, 1.165) is 17.3 Å². The molecule has 0 spiro atoms. The lowest BCUT2D eigenvalue weighted by atomic mass is 10.1. The third-order valence-electron chi connectivity index (χ3n) is 2.90. The first-order valence-corrected chi connectivity index (χ1v) is 5.78. The van der Waals surface area contributed by atoms with Gasteiger partial charge in [-0.05, 0) is 38.1 Å². The molecule has 1 heterocycles. The number of aromatic nitrogens is 2. The quantitative estimate of drug-likeness (QED) is 0.889. The fourth-order valence-electron chi connectivity index (χ4n) is 1.85. The Hall–Kier alpha value is -1.06. The van der Waals surface area contributed by atoms with Crippen molar-refractivity contribution in [2.45, 2.75) is 19.4 Å². The van der Waals surface area contributed by atoms with E-state index in [9.17, 15) is 0 Å². The molecule has 1 atom stereocenters. The van der Waals surface area contributed by atoms with Gasteiger partial charge in [0.2, 0.25) is 0 Å². The van der Waals surface area contributed by atoms with E-state index < -0.39 is 0 Å². The first kappa shape index (κ1) is 11.4. The minimum atomic E-state index is 0.466. The molecule has 0 radical (unpaired) electrons. The molecule has 0 aliphatic rings. The van der Waals surface area contributed by atoms with Gasteiger partial charge >= 0.3 is 0 Å². The smallest absolute Gasteiger partial charge is 0.158 e. The van der Waals surface area contributed by atoms with Crippen molar-refractivity contribution in [1.29, 1.82) is 0 Å². The van der Waals surface area contributed by atoms with Crippen molar-refractivity contribution in [3.05, 3.63) is 28.9 Å². The SMILES string of the molecule is CNC(C)Cc1ccc2c(c1)c(Cl)nn2C. The highest BCUT2D eigenvalue weighted by Gasteiger charge is 2.08. The lowest BCUT2D eigenvalue weighted by Crippen LogP contribution is -2.23. The summed E-state index contributed by atoms with van der Waals surface area (Å²) in [5.41, 5.74) is 2.36. The van der Waals surface area contributed by atoms with Crippen LogP contribution in [-0.2, 0) is 13.5 Å². The van der Waals surface area contributed by atoms with E-state index in [1.54, 1.807) is 0 Å². The third kappa shape index (κ3) is 2.06. The van der Waals surface area contributed by atoms with E-state index in [1.165, 1.54) is 5.56 Å². The molecule has 0 bridgehead atoms. The molecule has 4 heteroatoms. The Labute approximate surface area is 100 Å². The molecule has 0 aliphatic heterocycles. The summed E-state index contributed by atoms with van der Waals surface area (Å²) in [4.78, 5) is 0. The molecule has 2 rings (SSSR count). The fraction of sp³-hybridized carbons (Fsp3) is 0.417. The molecule has 1 aromatic carbocycles. The number of fused-ring (bicyclic) bond motifs is 1. The molecule has 3 nitrogen and oxygen atoms in total. The molecule has 0 fully saturated rings. The first-order chi connectivity index (χ1) is 7.61. The van der Waals surface area contributed by atoms with Crippen molar-refractivity contribution in [2.75, 3.05) is 7.05 Å². The third-order valence-corrected chi connectivity index (χ3v) is 3.18. The fourth-order valence-corrected chi connectivity index (χ4v) is 2.12. The second kappa shape index (κ2) is 4.44. The normalized spacial score (nSPS) is 13.2. The van der Waals surface area contributed by atoms with Gasteiger partial charge in [-0.25, -0.2) is 0 Å². The highest BCUT2D eigenvalue weighted by atomic mass is 35.5. The van der Waals surface area contributed by atoms with Crippen LogP contribution in [0.25, 0.3) is 10.9 Å². The van der Waals surface area contributed by atoms with Gasteiger partial charge < -0.3 is 5.32 Å². The van der Waals surface area contributed by atoms with Gasteiger partial charge in [0, 0.05) is 18.5 Å². The average molecular weight is 238 g/mol. The molecule has 2 aromatic rings. The molecule has 1 aromatic heterocycles. The molecule has 0 amide bonds. The number of halogens is 1. The van der Waals surface area contributed by atoms with Crippen molar-refractivity contribution in [3.8, 4) is 0 Å². The van der Waals surface area contributed by atoms with Gasteiger partial charge in [0.25, 0.3) is 0 Å². The molecule has 16 heavy (non-hydrogen) atoms. The summed E-state index contributed by atoms with van der Waals surface area (Å²) in [5, 5.41) is 9.04. The molecule has 0 saturated heterocycles. The van der Waals surface area contributed by atoms with Crippen LogP contribution in [0.4, 0.5) is 0 Å². The van der Waals surface area contributed by atoms with Gasteiger partial charge in [0.05, 0.1) is 5.52 Å². The summed E-state index contributed by atoms with van der Waals surface area (Å²) in [5.74, 6) is 0. The Kier molecular flexibility index (Phi) is 3.17. The Balaban J connectivity index is 2.40. The van der Waals surface area contributed by atoms with E-state index in [-0.39, 0.29) is 0 Å². The molecule has 0 saturated carbocycles. The topological polar surface area (TPSA) is 29.9 Å². The van der Waals surface area contributed by atoms with Crippen LogP contribution >= 0.6 is 11.6 Å². The predicted molar refractivity (Wildman–Crippen MR) is 67.9 cm³/mol. The van der Waals surface area contributed by atoms with Crippen molar-refractivity contribution >= 4 is 22.5 Å². The number of aryl methyl sites for hydroxylation is 1. The maximum Gasteiger partial charge on any atom is 0.158 e. The minimum Gasteiger partial charge on any atom is -0.317 e. The molecule has 86 valence electrons. The van der Waals surface area contributed by atoms with Crippen molar-refractivity contribution in [1.82, 2.24) is 15.1 Å². The number of hydrogen-bond acceptors (Lipinski definition) is 2. The standard InChI is InChI=1S/C12H16ClN3/c1-8(14-2)6-9-4-5-11-10(7-9)12(13)15-16(11)3/h4-5,7-8,14H,6H2,1-3H3. The zero-order valence-electron chi connectivity index (χ0n) is 9.79. The predicted octanol–water partition coefficient (Wildman–Crippen LogP) is 2.38. The lowest BCUT2D eigenvalue weighted by molar-refractivity contribution is 0.609. The summed E-state index contributed by atoms with van der Waals surface area (Å²) < 4.78 is 1.81. The maximum atomic E-state index is 6.07. The van der Waals surface area contributed by atoms with Gasteiger partial charge in [0.15, 0.2) is 5.15 Å². The number of nitrogens with one attached hydrogen (secondary N) is 1. The maximum absolute atomic E-state index is 6.07. The van der Waals surface area contributed by atoms with Crippen LogP contribution in [0.2, 0.25) is 5.15 Å². The number of benzene rings is 1. The zero-order chi connectivity index (χ0) is 11.7. The first-order valence-electron chi connectivity index (χ1n) is 5.40. The summed E-state index contributed by atoms with van der Waals surface area (Å²) >= 11 is 6.07. The van der Waals surface area contributed by atoms with Gasteiger partial charge in [-0.3, -0.25) is 4.68 Å². The largest absolute Gasteiger partial charge is 0.317 e. The van der Waals surface area contributed by atoms with E-state index in [1.807, 2.05) is 18.8 Å². The number of nitrogens with zero attached hydrogens (tertiary/aromatic N) is 2. The van der Waals surface area contributed by atoms with E-state index in [2.05, 4.69) is 35.5 Å². The zero-order valence-corrected chi connectivity index (χ0v) is 10.5. The molecule has 1 N–H and O–H groups in total. The average Bonchev–Trinajstić information content (AvgIpc) is 2.54. The lowest BCUT2D eigenvalue weighted by Gasteiger charge is -2.09. The van der Waals surface area contributed by atoms with Gasteiger partial charge in [-0.1, -0.05) is 17.7 Å². The van der Waals surface area contributed by atoms with Crippen LogP contribution in [0.3, 0.4) is 0 Å². The van der Waals surface area contributed by atoms with Crippen molar-refractivity contribution < 1.29 is 0 Å². The molecular weight excluding hydrogens is 222 g/mol. The molecular formula is C12H16ClN3. The summed E-state index contributed by atoms with van der Waals surface area (Å²) in [6.45, 7) is 2.16. The Morgan fingerprint density at radius 3 is 2.94 bits per heavy atom. The summed E-state index contributed by atoms with van der Waals surface area (Å²) in [7, 11) is 3.88. The molecule has 0 aliphatic carbocycles. The highest BCUT2D eigenvalue weighted by molar-refractivity contribution is 6.34. The number of likely N-dealkylation sites (N-methyl/N-ethyl adjacent to an activating group) is 1. The van der Waals surface area contributed by atoms with Crippen LogP contribution < -0.4 is 5.32 Å². The van der Waals surface area contributed by atoms with Crippen LogP contribution in [-0.4, -0.2) is 22.9 Å². The van der Waals surface area contributed by atoms with E-state index in [4.69, 9.17) is 11.6 Å². The van der Waals surface area contributed by atoms with Crippen LogP contribution in [0.1, 0.15) is 12.5 Å². The Morgan fingerprint density at radius 1 is 1.50 bits per heavy atom. The Morgan fingerprint density at radius 2 is 2.25 bits per heavy atom. The second-order valence-corrected chi connectivity index (χ2v) is 4.52.